The van der Waals surface area contributed by atoms with Crippen molar-refractivity contribution in [3.05, 3.63) is 94.7 Å². The summed E-state index contributed by atoms with van der Waals surface area (Å²) in [5, 5.41) is 9.55. The fourth-order valence-electron chi connectivity index (χ4n) is 7.27. The van der Waals surface area contributed by atoms with Crippen molar-refractivity contribution in [2.45, 2.75) is 104 Å². The Hall–Kier alpha value is -3.60. The van der Waals surface area contributed by atoms with Gasteiger partial charge in [0.2, 0.25) is 0 Å². The van der Waals surface area contributed by atoms with Gasteiger partial charge in [-0.05, 0) is 70.5 Å². The third-order valence-electron chi connectivity index (χ3n) is 9.95. The Labute approximate surface area is 294 Å². The molecule has 0 fully saturated rings. The lowest BCUT2D eigenvalue weighted by Crippen LogP contribution is -1.95. The third-order valence-corrected chi connectivity index (χ3v) is 12.0. The summed E-state index contributed by atoms with van der Waals surface area (Å²) in [5.41, 5.74) is 9.31. The summed E-state index contributed by atoms with van der Waals surface area (Å²) in [6, 6.07) is 26.9. The molecule has 0 bridgehead atoms. The molecule has 0 saturated heterocycles. The number of aromatic nitrogens is 2. The zero-order valence-electron chi connectivity index (χ0n) is 28.7. The Morgan fingerprint density at radius 1 is 0.438 bits per heavy atom. The molecule has 7 rings (SSSR count). The molecule has 246 valence electrons. The van der Waals surface area contributed by atoms with E-state index in [2.05, 4.69) is 97.4 Å². The monoisotopic (exact) mass is 668 g/mol. The van der Waals surface area contributed by atoms with Crippen molar-refractivity contribution in [2.75, 3.05) is 0 Å². The van der Waals surface area contributed by atoms with Crippen LogP contribution in [0.15, 0.2) is 83.6 Å². The van der Waals surface area contributed by atoms with Gasteiger partial charge < -0.3 is 0 Å². The summed E-state index contributed by atoms with van der Waals surface area (Å²) in [6.07, 6.45) is 18.2. The van der Waals surface area contributed by atoms with Gasteiger partial charge in [-0.15, -0.1) is 22.7 Å². The highest BCUT2D eigenvalue weighted by atomic mass is 32.1. The van der Waals surface area contributed by atoms with Gasteiger partial charge in [-0.2, -0.15) is 0 Å². The third kappa shape index (κ3) is 7.07. The highest BCUT2D eigenvalue weighted by Gasteiger charge is 2.19. The SMILES string of the molecule is CCCCCCCCc1csc(-c2ccc(-c3cc(CCCCCCCC)cs3)c3nc4c5ccccc5c5ccccc5c4nc23)c1. The van der Waals surface area contributed by atoms with Crippen LogP contribution in [-0.4, -0.2) is 9.97 Å². The summed E-state index contributed by atoms with van der Waals surface area (Å²) in [5.74, 6) is 0. The van der Waals surface area contributed by atoms with E-state index in [1.807, 2.05) is 22.7 Å². The maximum Gasteiger partial charge on any atom is 0.0988 e. The first kappa shape index (κ1) is 32.9. The number of hydrogen-bond donors (Lipinski definition) is 0. The Balaban J connectivity index is 1.30. The van der Waals surface area contributed by atoms with Gasteiger partial charge in [0.15, 0.2) is 0 Å². The van der Waals surface area contributed by atoms with Crippen molar-refractivity contribution in [3.63, 3.8) is 0 Å². The van der Waals surface area contributed by atoms with Gasteiger partial charge in [-0.3, -0.25) is 0 Å². The fourth-order valence-corrected chi connectivity index (χ4v) is 9.22. The van der Waals surface area contributed by atoms with Gasteiger partial charge in [-0.1, -0.05) is 139 Å². The van der Waals surface area contributed by atoms with Crippen molar-refractivity contribution in [1.29, 1.82) is 0 Å². The van der Waals surface area contributed by atoms with E-state index in [0.717, 1.165) is 34.9 Å². The van der Waals surface area contributed by atoms with Crippen LogP contribution in [0.4, 0.5) is 0 Å². The maximum atomic E-state index is 5.57. The smallest absolute Gasteiger partial charge is 0.0988 e. The summed E-state index contributed by atoms with van der Waals surface area (Å²) < 4.78 is 0. The minimum atomic E-state index is 0.994. The van der Waals surface area contributed by atoms with Gasteiger partial charge >= 0.3 is 0 Å². The van der Waals surface area contributed by atoms with Crippen LogP contribution in [0.2, 0.25) is 0 Å². The Kier molecular flexibility index (Phi) is 10.8. The molecule has 48 heavy (non-hydrogen) atoms. The average Bonchev–Trinajstić information content (AvgIpc) is 3.80. The minimum absolute atomic E-state index is 0.994. The van der Waals surface area contributed by atoms with Crippen molar-refractivity contribution in [2.24, 2.45) is 0 Å². The van der Waals surface area contributed by atoms with E-state index < -0.39 is 0 Å². The number of hydrogen-bond acceptors (Lipinski definition) is 4. The van der Waals surface area contributed by atoms with Crippen molar-refractivity contribution >= 4 is 66.3 Å². The molecule has 0 N–H and O–H groups in total. The second-order valence-electron chi connectivity index (χ2n) is 13.5. The number of fused-ring (bicyclic) bond motifs is 7. The van der Waals surface area contributed by atoms with Crippen molar-refractivity contribution in [3.8, 4) is 20.9 Å². The first-order valence-electron chi connectivity index (χ1n) is 18.4. The number of rotatable bonds is 16. The van der Waals surface area contributed by atoms with E-state index in [9.17, 15) is 0 Å². The second kappa shape index (κ2) is 15.7. The van der Waals surface area contributed by atoms with Crippen molar-refractivity contribution < 1.29 is 0 Å². The largest absolute Gasteiger partial charge is 0.243 e. The summed E-state index contributed by atoms with van der Waals surface area (Å²) in [7, 11) is 0. The zero-order chi connectivity index (χ0) is 32.7. The molecule has 0 saturated carbocycles. The molecular formula is C44H48N2S2. The molecule has 7 aromatic rings. The van der Waals surface area contributed by atoms with Gasteiger partial charge in [0, 0.05) is 31.7 Å². The first-order chi connectivity index (χ1) is 23.7. The minimum Gasteiger partial charge on any atom is -0.243 e. The van der Waals surface area contributed by atoms with Crippen LogP contribution >= 0.6 is 22.7 Å². The molecule has 0 radical (unpaired) electrons. The van der Waals surface area contributed by atoms with Crippen LogP contribution in [0.5, 0.6) is 0 Å². The lowest BCUT2D eigenvalue weighted by atomic mass is 9.98. The molecule has 0 unspecified atom stereocenters. The predicted octanol–water partition coefficient (Wildman–Crippen LogP) is 14.4. The number of nitrogens with zero attached hydrogens (tertiary/aromatic N) is 2. The Morgan fingerprint density at radius 3 is 1.27 bits per heavy atom. The molecular weight excluding hydrogens is 621 g/mol. The van der Waals surface area contributed by atoms with Crippen LogP contribution in [0, 0.1) is 0 Å². The lowest BCUT2D eigenvalue weighted by Gasteiger charge is -2.13. The van der Waals surface area contributed by atoms with Gasteiger partial charge in [0.25, 0.3) is 0 Å². The normalized spacial score (nSPS) is 11.9. The zero-order valence-corrected chi connectivity index (χ0v) is 30.3. The molecule has 0 aliphatic heterocycles. The molecule has 0 amide bonds. The summed E-state index contributed by atoms with van der Waals surface area (Å²) >= 11 is 3.72. The topological polar surface area (TPSA) is 25.8 Å². The number of aryl methyl sites for hydroxylation is 2. The maximum absolute atomic E-state index is 5.57. The Bertz CT molecular complexity index is 1980. The van der Waals surface area contributed by atoms with Gasteiger partial charge in [-0.25, -0.2) is 9.97 Å². The average molecular weight is 669 g/mol. The van der Waals surface area contributed by atoms with E-state index in [1.165, 1.54) is 131 Å². The summed E-state index contributed by atoms with van der Waals surface area (Å²) in [4.78, 5) is 13.7. The van der Waals surface area contributed by atoms with E-state index in [1.54, 1.807) is 0 Å². The van der Waals surface area contributed by atoms with E-state index in [-0.39, 0.29) is 0 Å². The fraction of sp³-hybridized carbons (Fsp3) is 0.364. The molecule has 0 spiro atoms. The highest BCUT2D eigenvalue weighted by Crippen LogP contribution is 2.41. The molecule has 4 aromatic carbocycles. The molecule has 2 nitrogen and oxygen atoms in total. The highest BCUT2D eigenvalue weighted by molar-refractivity contribution is 7.14. The van der Waals surface area contributed by atoms with Crippen LogP contribution in [0.1, 0.15) is 102 Å². The van der Waals surface area contributed by atoms with E-state index in [0.29, 0.717) is 0 Å². The predicted molar refractivity (Wildman–Crippen MR) is 213 cm³/mol. The van der Waals surface area contributed by atoms with Crippen molar-refractivity contribution in [1.82, 2.24) is 9.97 Å². The van der Waals surface area contributed by atoms with Crippen LogP contribution in [0.3, 0.4) is 0 Å². The van der Waals surface area contributed by atoms with Crippen LogP contribution in [0.25, 0.3) is 64.5 Å². The van der Waals surface area contributed by atoms with E-state index >= 15 is 0 Å². The van der Waals surface area contributed by atoms with Gasteiger partial charge in [0.05, 0.1) is 22.1 Å². The molecule has 3 heterocycles. The number of thiophene rings is 2. The standard InChI is InChI=1S/C44H48N2S2/c1-3-5-7-9-11-13-19-31-27-39(47-29-31)37-25-26-38(40-28-32(30-48-40)20-14-12-10-8-6-4-2)44-43(37)45-41-35-23-17-15-21-33(35)34-22-16-18-24-36(34)42(41)46-44/h15-18,21-30H,3-14,19-20H2,1-2H3. The quantitative estimate of drug-likeness (QED) is 0.0582. The van der Waals surface area contributed by atoms with Crippen LogP contribution in [-0.2, 0) is 12.8 Å². The summed E-state index contributed by atoms with van der Waals surface area (Å²) in [6.45, 7) is 4.58. The molecule has 3 aromatic heterocycles. The number of unbranched alkanes of at least 4 members (excludes halogenated alkanes) is 10. The molecule has 4 heteroatoms. The Morgan fingerprint density at radius 2 is 0.833 bits per heavy atom. The van der Waals surface area contributed by atoms with Crippen LogP contribution < -0.4 is 0 Å². The lowest BCUT2D eigenvalue weighted by molar-refractivity contribution is 0.608. The number of benzene rings is 4. The first-order valence-corrected chi connectivity index (χ1v) is 20.2. The molecule has 0 atom stereocenters. The molecule has 0 aliphatic carbocycles. The second-order valence-corrected chi connectivity index (χ2v) is 15.4. The molecule has 0 aliphatic rings. The van der Waals surface area contributed by atoms with E-state index in [4.69, 9.17) is 9.97 Å². The van der Waals surface area contributed by atoms with Gasteiger partial charge in [0.1, 0.15) is 0 Å².